The summed E-state index contributed by atoms with van der Waals surface area (Å²) in [6.45, 7) is 9.68. The first-order valence-corrected chi connectivity index (χ1v) is 36.1. The van der Waals surface area contributed by atoms with Crippen LogP contribution in [0.5, 0.6) is 0 Å². The molecule has 0 amide bonds. The summed E-state index contributed by atoms with van der Waals surface area (Å²) in [5.74, 6) is 0. The Morgan fingerprint density at radius 1 is 0.356 bits per heavy atom. The number of nitrogens with zero attached hydrogens (tertiary/aromatic N) is 5. The molecule has 10 aromatic carbocycles. The molecule has 0 N–H and O–H groups in total. The van der Waals surface area contributed by atoms with Crippen LogP contribution in [0.25, 0.3) is 0 Å². The lowest BCUT2D eigenvalue weighted by Crippen LogP contribution is -2.44. The summed E-state index contributed by atoms with van der Waals surface area (Å²) in [5.41, 5.74) is 2.80. The van der Waals surface area contributed by atoms with Gasteiger partial charge in [0.1, 0.15) is 0 Å². The third kappa shape index (κ3) is 16.5. The summed E-state index contributed by atoms with van der Waals surface area (Å²) in [6.07, 6.45) is 3.53. The van der Waals surface area contributed by atoms with Crippen molar-refractivity contribution in [3.63, 3.8) is 0 Å². The molecule has 2 unspecified atom stereocenters. The monoisotopic (exact) mass is 1220 g/mol. The summed E-state index contributed by atoms with van der Waals surface area (Å²) in [4.78, 5) is 5.29. The molecule has 10 heteroatoms. The molecule has 87 heavy (non-hydrogen) atoms. The second-order valence-corrected chi connectivity index (χ2v) is 31.7. The van der Waals surface area contributed by atoms with Crippen LogP contribution in [0.3, 0.4) is 0 Å². The second kappa shape index (κ2) is 32.2. The number of ether oxygens (including phenoxy) is 1. The molecule has 3 saturated heterocycles. The molecular formula is C77H83N5OP4. The standard InChI is InChI=1S/C36H36N2P2.C24H27N2P.C17H20NOP/c1-30-36(27-28-37(30)29-31-17-7-2-8-18-31)38(39(32-19-9-3-10-20-32)33-21-11-4-12-22-33)40(34-23-13-5-14-24-34)35-25-15-6-16-26-35;1-25(22-17-18-26(20-22)19-21-11-5-2-6-12-21)27(23-13-7-3-8-14-23)24-15-9-4-10-16-24;1-18(15-12-13-19-14-15)20(16-8-4-2-5-9-16)17-10-6-3-7-11-17/h2-26,30,36H,27-29H2,1H3;2-16,22H,17-20H2,1H3;2-11,15H,12-14H2,1H3/t30-,36-;;/m1../s1. The first kappa shape index (κ1) is 62.3. The van der Waals surface area contributed by atoms with Crippen LogP contribution >= 0.6 is 32.3 Å². The Morgan fingerprint density at radius 2 is 0.667 bits per heavy atom. The fourth-order valence-corrected chi connectivity index (χ4v) is 23.7. The highest BCUT2D eigenvalue weighted by molar-refractivity contribution is 7.84. The highest BCUT2D eigenvalue weighted by atomic mass is 31.2. The molecule has 442 valence electrons. The molecule has 0 radical (unpaired) electrons. The SMILES string of the molecule is CN(C1CCN(Cc2ccccc2)C1)P(c1ccccc1)c1ccccc1.CN(C1CCOC1)P(c1ccccc1)c1ccccc1.C[C@@H]1[C@H](N(P(c2ccccc2)c2ccccc2)P(c2ccccc2)c2ccccc2)CCN1Cc1ccccc1. The van der Waals surface area contributed by atoms with Crippen molar-refractivity contribution in [1.82, 2.24) is 23.6 Å². The van der Waals surface area contributed by atoms with Gasteiger partial charge in [0.2, 0.25) is 0 Å². The Hall–Kier alpha value is -6.32. The normalized spacial score (nSPS) is 17.9. The summed E-state index contributed by atoms with van der Waals surface area (Å²) >= 11 is 0. The minimum absolute atomic E-state index is 0.418. The van der Waals surface area contributed by atoms with Gasteiger partial charge in [-0.2, -0.15) is 0 Å². The van der Waals surface area contributed by atoms with E-state index in [2.05, 4.69) is 348 Å². The molecule has 3 fully saturated rings. The molecule has 0 aliphatic carbocycles. The van der Waals surface area contributed by atoms with E-state index in [9.17, 15) is 0 Å². The van der Waals surface area contributed by atoms with Gasteiger partial charge in [0.05, 0.1) is 6.61 Å². The van der Waals surface area contributed by atoms with Crippen molar-refractivity contribution in [2.24, 2.45) is 0 Å². The fourth-order valence-electron chi connectivity index (χ4n) is 12.3. The van der Waals surface area contributed by atoms with E-state index in [1.165, 1.54) is 66.5 Å². The molecule has 4 atom stereocenters. The van der Waals surface area contributed by atoms with E-state index in [0.717, 1.165) is 52.2 Å². The lowest BCUT2D eigenvalue weighted by Gasteiger charge is -2.44. The Morgan fingerprint density at radius 3 is 1.00 bits per heavy atom. The molecule has 6 nitrogen and oxygen atoms in total. The fraction of sp³-hybridized carbons (Fsp3) is 0.221. The molecule has 0 saturated carbocycles. The van der Waals surface area contributed by atoms with Crippen LogP contribution in [0.4, 0.5) is 0 Å². The highest BCUT2D eigenvalue weighted by Gasteiger charge is 2.43. The Labute approximate surface area is 524 Å². The van der Waals surface area contributed by atoms with Gasteiger partial charge in [0, 0.05) is 95.8 Å². The van der Waals surface area contributed by atoms with Crippen LogP contribution in [-0.2, 0) is 17.8 Å². The Kier molecular flexibility index (Phi) is 23.1. The minimum Gasteiger partial charge on any atom is -0.380 e. The van der Waals surface area contributed by atoms with E-state index >= 15 is 0 Å². The third-order valence-electron chi connectivity index (χ3n) is 16.9. The zero-order valence-electron chi connectivity index (χ0n) is 50.7. The van der Waals surface area contributed by atoms with Crippen molar-refractivity contribution < 1.29 is 4.74 Å². The van der Waals surface area contributed by atoms with Gasteiger partial charge < -0.3 is 4.74 Å². The topological polar surface area (TPSA) is 25.4 Å². The van der Waals surface area contributed by atoms with Gasteiger partial charge in [-0.1, -0.05) is 303 Å². The average Bonchev–Trinajstić information content (AvgIpc) is 3.63. The highest BCUT2D eigenvalue weighted by Crippen LogP contribution is 2.58. The zero-order chi connectivity index (χ0) is 59.4. The van der Waals surface area contributed by atoms with E-state index in [-0.39, 0.29) is 0 Å². The minimum atomic E-state index is -0.781. The van der Waals surface area contributed by atoms with Gasteiger partial charge in [-0.15, -0.1) is 0 Å². The second-order valence-electron chi connectivity index (χ2n) is 22.6. The van der Waals surface area contributed by atoms with Gasteiger partial charge >= 0.3 is 0 Å². The van der Waals surface area contributed by atoms with Crippen molar-refractivity contribution in [2.75, 3.05) is 46.9 Å². The third-order valence-corrected chi connectivity index (χ3v) is 27.6. The van der Waals surface area contributed by atoms with E-state index in [1.54, 1.807) is 0 Å². The summed E-state index contributed by atoms with van der Waals surface area (Å²) in [7, 11) is 2.04. The maximum atomic E-state index is 5.57. The summed E-state index contributed by atoms with van der Waals surface area (Å²) in [5, 5.41) is 11.3. The van der Waals surface area contributed by atoms with Crippen molar-refractivity contribution in [2.45, 2.75) is 63.4 Å². The van der Waals surface area contributed by atoms with Gasteiger partial charge in [-0.25, -0.2) is 4.44 Å². The predicted molar refractivity (Wildman–Crippen MR) is 378 cm³/mol. The van der Waals surface area contributed by atoms with E-state index in [1.807, 2.05) is 0 Å². The molecule has 10 aromatic rings. The number of benzene rings is 10. The zero-order valence-corrected chi connectivity index (χ0v) is 54.3. The maximum absolute atomic E-state index is 5.57. The van der Waals surface area contributed by atoms with E-state index in [4.69, 9.17) is 4.74 Å². The number of likely N-dealkylation sites (tertiary alicyclic amines) is 2. The van der Waals surface area contributed by atoms with E-state index < -0.39 is 32.3 Å². The van der Waals surface area contributed by atoms with Crippen molar-refractivity contribution >= 4 is 74.7 Å². The average molecular weight is 1220 g/mol. The molecule has 0 spiro atoms. The molecule has 3 aliphatic heterocycles. The number of hydrogen-bond donors (Lipinski definition) is 0. The first-order chi connectivity index (χ1) is 43.0. The molecule has 0 aromatic heterocycles. The van der Waals surface area contributed by atoms with Crippen LogP contribution in [0.2, 0.25) is 0 Å². The van der Waals surface area contributed by atoms with Crippen molar-refractivity contribution in [1.29, 1.82) is 0 Å². The first-order valence-electron chi connectivity index (χ1n) is 30.9. The number of likely N-dealkylation sites (N-methyl/N-ethyl adjacent to an activating group) is 2. The summed E-state index contributed by atoms with van der Waals surface area (Å²) in [6, 6.07) is 112. The van der Waals surface area contributed by atoms with Gasteiger partial charge in [-0.05, 0) is 93.8 Å². The lowest BCUT2D eigenvalue weighted by molar-refractivity contribution is 0.182. The van der Waals surface area contributed by atoms with Crippen LogP contribution in [0.15, 0.2) is 303 Å². The largest absolute Gasteiger partial charge is 0.380 e. The molecule has 0 bridgehead atoms. The molecule has 13 rings (SSSR count). The van der Waals surface area contributed by atoms with Crippen molar-refractivity contribution in [3.05, 3.63) is 314 Å². The van der Waals surface area contributed by atoms with Crippen molar-refractivity contribution in [3.8, 4) is 0 Å². The molecule has 3 heterocycles. The van der Waals surface area contributed by atoms with Crippen LogP contribution in [0, 0.1) is 0 Å². The van der Waals surface area contributed by atoms with Crippen LogP contribution < -0.4 is 42.4 Å². The van der Waals surface area contributed by atoms with Crippen LogP contribution in [-0.4, -0.2) is 94.7 Å². The number of hydrogen-bond acceptors (Lipinski definition) is 6. The maximum Gasteiger partial charge on any atom is 0.0626 e. The Balaban J connectivity index is 0.000000144. The quantitative estimate of drug-likeness (QED) is 0.0749. The predicted octanol–water partition coefficient (Wildman–Crippen LogP) is 14.0. The number of rotatable bonds is 19. The van der Waals surface area contributed by atoms with Crippen LogP contribution in [0.1, 0.15) is 37.3 Å². The summed E-state index contributed by atoms with van der Waals surface area (Å²) < 4.78 is 13.7. The Bertz CT molecular complexity index is 3270. The lowest BCUT2D eigenvalue weighted by atomic mass is 10.1. The van der Waals surface area contributed by atoms with Gasteiger partial charge in [0.15, 0.2) is 0 Å². The van der Waals surface area contributed by atoms with Gasteiger partial charge in [-0.3, -0.25) is 19.1 Å². The molecule has 3 aliphatic rings. The smallest absolute Gasteiger partial charge is 0.0626 e. The van der Waals surface area contributed by atoms with E-state index in [0.29, 0.717) is 24.2 Å². The molecular weight excluding hydrogens is 1130 g/mol. The van der Waals surface area contributed by atoms with Gasteiger partial charge in [0.25, 0.3) is 0 Å².